The predicted octanol–water partition coefficient (Wildman–Crippen LogP) is 5.14. The third-order valence-corrected chi connectivity index (χ3v) is 5.16. The molecule has 0 radical (unpaired) electrons. The van der Waals surface area contributed by atoms with Crippen LogP contribution in [0.3, 0.4) is 0 Å². The van der Waals surface area contributed by atoms with E-state index >= 15 is 0 Å². The van der Waals surface area contributed by atoms with Gasteiger partial charge < -0.3 is 5.32 Å². The number of rotatable bonds is 2. The summed E-state index contributed by atoms with van der Waals surface area (Å²) in [7, 11) is 0. The monoisotopic (exact) mass is 387 g/mol. The number of aryl methyl sites for hydroxylation is 2. The first-order valence-corrected chi connectivity index (χ1v) is 7.71. The first-order valence-electron chi connectivity index (χ1n) is 5.31. The van der Waals surface area contributed by atoms with Crippen LogP contribution in [-0.4, -0.2) is 5.91 Å². The number of thiophene rings is 1. The highest BCUT2D eigenvalue weighted by Gasteiger charge is 2.12. The van der Waals surface area contributed by atoms with Gasteiger partial charge >= 0.3 is 0 Å². The molecule has 2 rings (SSSR count). The number of anilines is 1. The van der Waals surface area contributed by atoms with Gasteiger partial charge in [0, 0.05) is 10.2 Å². The van der Waals surface area contributed by atoms with E-state index in [1.54, 1.807) is 0 Å². The lowest BCUT2D eigenvalue weighted by molar-refractivity contribution is 0.103. The molecule has 0 saturated heterocycles. The van der Waals surface area contributed by atoms with E-state index in [0.717, 1.165) is 25.1 Å². The maximum Gasteiger partial charge on any atom is 0.265 e. The number of halogens is 2. The van der Waals surface area contributed by atoms with E-state index in [1.807, 2.05) is 38.1 Å². The van der Waals surface area contributed by atoms with E-state index < -0.39 is 0 Å². The molecule has 1 aromatic heterocycles. The minimum Gasteiger partial charge on any atom is -0.321 e. The summed E-state index contributed by atoms with van der Waals surface area (Å²) in [4.78, 5) is 12.8. The second-order valence-electron chi connectivity index (χ2n) is 3.98. The Labute approximate surface area is 127 Å². The first kappa shape index (κ1) is 13.8. The van der Waals surface area contributed by atoms with Crippen LogP contribution in [0.15, 0.2) is 32.5 Å². The maximum atomic E-state index is 12.1. The van der Waals surface area contributed by atoms with Gasteiger partial charge in [0.25, 0.3) is 5.91 Å². The molecule has 5 heteroatoms. The Morgan fingerprint density at radius 1 is 1.17 bits per heavy atom. The van der Waals surface area contributed by atoms with E-state index in [1.165, 1.54) is 11.3 Å². The van der Waals surface area contributed by atoms with Gasteiger partial charge in [-0.1, -0.05) is 22.0 Å². The van der Waals surface area contributed by atoms with Gasteiger partial charge in [-0.3, -0.25) is 4.79 Å². The molecular formula is C13H11Br2NOS. The summed E-state index contributed by atoms with van der Waals surface area (Å²) in [6.07, 6.45) is 0. The maximum absolute atomic E-state index is 12.1. The summed E-state index contributed by atoms with van der Waals surface area (Å²) in [6.45, 7) is 3.94. The molecular weight excluding hydrogens is 378 g/mol. The van der Waals surface area contributed by atoms with Crippen molar-refractivity contribution >= 4 is 54.8 Å². The highest BCUT2D eigenvalue weighted by atomic mass is 79.9. The zero-order chi connectivity index (χ0) is 13.3. The quantitative estimate of drug-likeness (QED) is 0.757. The van der Waals surface area contributed by atoms with Crippen LogP contribution in [0.25, 0.3) is 0 Å². The van der Waals surface area contributed by atoms with Crippen molar-refractivity contribution in [3.05, 3.63) is 48.5 Å². The molecule has 2 aromatic rings. The van der Waals surface area contributed by atoms with Crippen molar-refractivity contribution in [1.29, 1.82) is 0 Å². The highest BCUT2D eigenvalue weighted by Crippen LogP contribution is 2.28. The molecule has 0 bridgehead atoms. The Bertz CT molecular complexity index is 588. The normalized spacial score (nSPS) is 10.4. The molecule has 94 valence electrons. The summed E-state index contributed by atoms with van der Waals surface area (Å²) < 4.78 is 1.95. The molecule has 1 heterocycles. The van der Waals surface area contributed by atoms with E-state index in [0.29, 0.717) is 4.88 Å². The predicted molar refractivity (Wildman–Crippen MR) is 83.6 cm³/mol. The van der Waals surface area contributed by atoms with Gasteiger partial charge in [0.1, 0.15) is 0 Å². The standard InChI is InChI=1S/C13H11Br2NOS/c1-7-3-4-9(14)6-10(7)16-13(17)11-5-8(2)12(15)18-11/h3-6H,1-2H3,(H,16,17). The fraction of sp³-hybridized carbons (Fsp3) is 0.154. The summed E-state index contributed by atoms with van der Waals surface area (Å²) in [5.74, 6) is -0.0741. The van der Waals surface area contributed by atoms with Crippen molar-refractivity contribution in [3.8, 4) is 0 Å². The third kappa shape index (κ3) is 3.02. The third-order valence-electron chi connectivity index (χ3n) is 2.53. The number of hydrogen-bond acceptors (Lipinski definition) is 2. The van der Waals surface area contributed by atoms with Crippen LogP contribution < -0.4 is 5.32 Å². The van der Waals surface area contributed by atoms with Crippen molar-refractivity contribution in [2.75, 3.05) is 5.32 Å². The first-order chi connectivity index (χ1) is 8.47. The molecule has 18 heavy (non-hydrogen) atoms. The topological polar surface area (TPSA) is 29.1 Å². The minimum absolute atomic E-state index is 0.0741. The number of benzene rings is 1. The minimum atomic E-state index is -0.0741. The molecule has 0 fully saturated rings. The Hall–Kier alpha value is -0.650. The molecule has 0 aliphatic rings. The smallest absolute Gasteiger partial charge is 0.265 e. The number of carbonyl (C=O) groups is 1. The van der Waals surface area contributed by atoms with Crippen molar-refractivity contribution in [3.63, 3.8) is 0 Å². The van der Waals surface area contributed by atoms with Crippen LogP contribution in [0.2, 0.25) is 0 Å². The average molecular weight is 389 g/mol. The lowest BCUT2D eigenvalue weighted by atomic mass is 10.2. The Balaban J connectivity index is 2.23. The summed E-state index contributed by atoms with van der Waals surface area (Å²) in [5, 5.41) is 2.93. The van der Waals surface area contributed by atoms with Crippen LogP contribution in [0.5, 0.6) is 0 Å². The van der Waals surface area contributed by atoms with E-state index in [-0.39, 0.29) is 5.91 Å². The van der Waals surface area contributed by atoms with Gasteiger partial charge in [-0.15, -0.1) is 11.3 Å². The highest BCUT2D eigenvalue weighted by molar-refractivity contribution is 9.11. The van der Waals surface area contributed by atoms with Crippen LogP contribution in [-0.2, 0) is 0 Å². The van der Waals surface area contributed by atoms with Crippen LogP contribution in [0, 0.1) is 13.8 Å². The van der Waals surface area contributed by atoms with E-state index in [2.05, 4.69) is 37.2 Å². The lowest BCUT2D eigenvalue weighted by Crippen LogP contribution is -2.11. The Kier molecular flexibility index (Phi) is 4.25. The SMILES string of the molecule is Cc1ccc(Br)cc1NC(=O)c1cc(C)c(Br)s1. The van der Waals surface area contributed by atoms with Crippen LogP contribution in [0.1, 0.15) is 20.8 Å². The molecule has 0 spiro atoms. The fourth-order valence-electron chi connectivity index (χ4n) is 1.48. The average Bonchev–Trinajstić information content (AvgIpc) is 2.64. The molecule has 0 unspecified atom stereocenters. The van der Waals surface area contributed by atoms with E-state index in [4.69, 9.17) is 0 Å². The summed E-state index contributed by atoms with van der Waals surface area (Å²) in [5.41, 5.74) is 2.95. The van der Waals surface area contributed by atoms with Gasteiger partial charge in [0.05, 0.1) is 8.66 Å². The summed E-state index contributed by atoms with van der Waals surface area (Å²) in [6, 6.07) is 7.71. The summed E-state index contributed by atoms with van der Waals surface area (Å²) >= 11 is 8.27. The molecule has 1 N–H and O–H groups in total. The van der Waals surface area contributed by atoms with Gasteiger partial charge in [0.15, 0.2) is 0 Å². The van der Waals surface area contributed by atoms with Crippen LogP contribution in [0.4, 0.5) is 5.69 Å². The Morgan fingerprint density at radius 3 is 2.50 bits per heavy atom. The van der Waals surface area contributed by atoms with Crippen LogP contribution >= 0.6 is 43.2 Å². The molecule has 0 aliphatic carbocycles. The number of amides is 1. The fourth-order valence-corrected chi connectivity index (χ4v) is 3.28. The van der Waals surface area contributed by atoms with Gasteiger partial charge in [0.2, 0.25) is 0 Å². The zero-order valence-electron chi connectivity index (χ0n) is 9.88. The molecule has 0 aliphatic heterocycles. The van der Waals surface area contributed by atoms with Gasteiger partial charge in [-0.25, -0.2) is 0 Å². The number of carbonyl (C=O) groups excluding carboxylic acids is 1. The van der Waals surface area contributed by atoms with Crippen molar-refractivity contribution < 1.29 is 4.79 Å². The second kappa shape index (κ2) is 5.55. The molecule has 2 nitrogen and oxygen atoms in total. The molecule has 1 aromatic carbocycles. The molecule has 1 amide bonds. The number of nitrogens with one attached hydrogen (secondary N) is 1. The van der Waals surface area contributed by atoms with Crippen molar-refractivity contribution in [1.82, 2.24) is 0 Å². The lowest BCUT2D eigenvalue weighted by Gasteiger charge is -2.07. The van der Waals surface area contributed by atoms with Crippen molar-refractivity contribution in [2.24, 2.45) is 0 Å². The molecule has 0 atom stereocenters. The second-order valence-corrected chi connectivity index (χ2v) is 7.27. The zero-order valence-corrected chi connectivity index (χ0v) is 13.9. The largest absolute Gasteiger partial charge is 0.321 e. The molecule has 0 saturated carbocycles. The Morgan fingerprint density at radius 2 is 1.89 bits per heavy atom. The van der Waals surface area contributed by atoms with Crippen molar-refractivity contribution in [2.45, 2.75) is 13.8 Å². The number of hydrogen-bond donors (Lipinski definition) is 1. The van der Waals surface area contributed by atoms with Gasteiger partial charge in [-0.2, -0.15) is 0 Å². The van der Waals surface area contributed by atoms with E-state index in [9.17, 15) is 4.79 Å². The van der Waals surface area contributed by atoms with Gasteiger partial charge in [-0.05, 0) is 59.1 Å².